The average Bonchev–Trinajstić information content (AvgIpc) is 2.36. The molecule has 0 aromatic carbocycles. The molecular weight excluding hydrogens is 206 g/mol. The highest BCUT2D eigenvalue weighted by Gasteiger charge is 1.96. The molecule has 1 rings (SSSR count). The minimum Gasteiger partial charge on any atom is -0.495 e. The molecular formula is C11H21N3O2. The van der Waals surface area contributed by atoms with E-state index in [-0.39, 0.29) is 0 Å². The third-order valence-electron chi connectivity index (χ3n) is 1.87. The van der Waals surface area contributed by atoms with E-state index in [0.29, 0.717) is 6.54 Å². The van der Waals surface area contributed by atoms with Crippen LogP contribution in [0.1, 0.15) is 5.56 Å². The summed E-state index contributed by atoms with van der Waals surface area (Å²) >= 11 is 0. The lowest BCUT2D eigenvalue weighted by molar-refractivity contribution is 0.201. The molecule has 16 heavy (non-hydrogen) atoms. The van der Waals surface area contributed by atoms with Crippen LogP contribution < -0.4 is 15.8 Å². The maximum atomic E-state index is 5.42. The first-order chi connectivity index (χ1) is 7.79. The number of hydrogen-bond donors (Lipinski definition) is 2. The summed E-state index contributed by atoms with van der Waals surface area (Å²) in [6.07, 6.45) is 3.35. The Balaban J connectivity index is 0.000000325. The Morgan fingerprint density at radius 1 is 1.44 bits per heavy atom. The van der Waals surface area contributed by atoms with Crippen LogP contribution in [0.4, 0.5) is 0 Å². The third kappa shape index (κ3) is 6.34. The fraction of sp³-hybridized carbons (Fsp3) is 0.545. The van der Waals surface area contributed by atoms with E-state index in [9.17, 15) is 0 Å². The zero-order valence-corrected chi connectivity index (χ0v) is 10.2. The molecule has 0 amide bonds. The van der Waals surface area contributed by atoms with Gasteiger partial charge >= 0.3 is 0 Å². The van der Waals surface area contributed by atoms with Crippen LogP contribution in [0.15, 0.2) is 18.5 Å². The van der Waals surface area contributed by atoms with Crippen molar-refractivity contribution in [1.29, 1.82) is 0 Å². The van der Waals surface area contributed by atoms with Crippen molar-refractivity contribution in [1.82, 2.24) is 10.3 Å². The van der Waals surface area contributed by atoms with Crippen molar-refractivity contribution in [2.45, 2.75) is 6.54 Å². The fourth-order valence-corrected chi connectivity index (χ4v) is 0.965. The fourth-order valence-electron chi connectivity index (χ4n) is 0.965. The van der Waals surface area contributed by atoms with Crippen molar-refractivity contribution in [2.75, 3.05) is 34.4 Å². The van der Waals surface area contributed by atoms with E-state index in [4.69, 9.17) is 15.2 Å². The highest BCUT2D eigenvalue weighted by molar-refractivity contribution is 5.29. The molecule has 0 saturated heterocycles. The summed E-state index contributed by atoms with van der Waals surface area (Å²) < 4.78 is 9.71. The van der Waals surface area contributed by atoms with E-state index in [2.05, 4.69) is 10.3 Å². The monoisotopic (exact) mass is 227 g/mol. The molecule has 1 aromatic heterocycles. The Bertz CT molecular complexity index is 242. The molecule has 1 aromatic rings. The maximum absolute atomic E-state index is 5.42. The number of hydrogen-bond acceptors (Lipinski definition) is 5. The van der Waals surface area contributed by atoms with E-state index in [0.717, 1.165) is 24.5 Å². The maximum Gasteiger partial charge on any atom is 0.141 e. The van der Waals surface area contributed by atoms with Crippen molar-refractivity contribution < 1.29 is 9.47 Å². The van der Waals surface area contributed by atoms with Crippen LogP contribution in [-0.4, -0.2) is 39.4 Å². The predicted molar refractivity (Wildman–Crippen MR) is 64.5 cm³/mol. The molecule has 0 aliphatic heterocycles. The Morgan fingerprint density at radius 3 is 2.56 bits per heavy atom. The van der Waals surface area contributed by atoms with Gasteiger partial charge in [0.15, 0.2) is 0 Å². The number of rotatable bonds is 5. The molecule has 92 valence electrons. The predicted octanol–water partition coefficient (Wildman–Crippen LogP) is 0.401. The van der Waals surface area contributed by atoms with Gasteiger partial charge in [0.1, 0.15) is 5.75 Å². The largest absolute Gasteiger partial charge is 0.495 e. The first-order valence-electron chi connectivity index (χ1n) is 5.10. The van der Waals surface area contributed by atoms with Gasteiger partial charge in [0, 0.05) is 32.0 Å². The Hall–Kier alpha value is -1.17. The van der Waals surface area contributed by atoms with E-state index >= 15 is 0 Å². The summed E-state index contributed by atoms with van der Waals surface area (Å²) in [7, 11) is 5.20. The van der Waals surface area contributed by atoms with E-state index in [1.807, 2.05) is 13.1 Å². The molecule has 5 nitrogen and oxygen atoms in total. The van der Waals surface area contributed by atoms with Gasteiger partial charge in [-0.3, -0.25) is 4.98 Å². The lowest BCUT2D eigenvalue weighted by atomic mass is 10.2. The summed E-state index contributed by atoms with van der Waals surface area (Å²) in [5, 5.41) is 2.94. The minimum absolute atomic E-state index is 0.492. The molecule has 3 N–H and O–H groups in total. The standard InChI is InChI=1S/C7H10N2O.C4H11NO/c1-10-7-5-9-3-2-6(7)4-8;1-5-3-4-6-2/h2-3,5H,4,8H2,1H3;5H,3-4H2,1-2H3. The second-order valence-electron chi connectivity index (χ2n) is 2.99. The molecule has 0 aliphatic rings. The summed E-state index contributed by atoms with van der Waals surface area (Å²) in [5.41, 5.74) is 6.40. The number of nitrogens with zero attached hydrogens (tertiary/aromatic N) is 1. The number of aromatic nitrogens is 1. The van der Waals surface area contributed by atoms with Crippen LogP contribution in [-0.2, 0) is 11.3 Å². The van der Waals surface area contributed by atoms with Crippen LogP contribution in [0, 0.1) is 0 Å². The SMILES string of the molecule is CNCCOC.COc1cnccc1CN. The van der Waals surface area contributed by atoms with Crippen molar-refractivity contribution in [2.24, 2.45) is 5.73 Å². The minimum atomic E-state index is 0.492. The highest BCUT2D eigenvalue weighted by atomic mass is 16.5. The van der Waals surface area contributed by atoms with Crippen molar-refractivity contribution >= 4 is 0 Å². The lowest BCUT2D eigenvalue weighted by Crippen LogP contribution is -2.12. The summed E-state index contributed by atoms with van der Waals surface area (Å²) in [4.78, 5) is 3.88. The van der Waals surface area contributed by atoms with Gasteiger partial charge in [-0.25, -0.2) is 0 Å². The molecule has 0 radical (unpaired) electrons. The van der Waals surface area contributed by atoms with Gasteiger partial charge in [-0.1, -0.05) is 0 Å². The normalized spacial score (nSPS) is 9.25. The smallest absolute Gasteiger partial charge is 0.141 e. The molecule has 5 heteroatoms. The van der Waals surface area contributed by atoms with Crippen molar-refractivity contribution in [3.8, 4) is 5.75 Å². The Morgan fingerprint density at radius 2 is 2.19 bits per heavy atom. The van der Waals surface area contributed by atoms with Crippen molar-refractivity contribution in [3.05, 3.63) is 24.0 Å². The topological polar surface area (TPSA) is 69.4 Å². The number of pyridine rings is 1. The molecule has 0 fully saturated rings. The first-order valence-corrected chi connectivity index (χ1v) is 5.10. The molecule has 0 unspecified atom stereocenters. The average molecular weight is 227 g/mol. The molecule has 0 atom stereocenters. The lowest BCUT2D eigenvalue weighted by Gasteiger charge is -2.02. The van der Waals surface area contributed by atoms with E-state index in [1.165, 1.54) is 0 Å². The van der Waals surface area contributed by atoms with Crippen LogP contribution in [0.2, 0.25) is 0 Å². The van der Waals surface area contributed by atoms with Crippen LogP contribution in [0.3, 0.4) is 0 Å². The summed E-state index contributed by atoms with van der Waals surface area (Å²) in [6.45, 7) is 2.23. The van der Waals surface area contributed by atoms with Gasteiger partial charge in [0.2, 0.25) is 0 Å². The van der Waals surface area contributed by atoms with Gasteiger partial charge in [0.25, 0.3) is 0 Å². The molecule has 0 saturated carbocycles. The van der Waals surface area contributed by atoms with E-state index in [1.54, 1.807) is 26.6 Å². The number of nitrogens with one attached hydrogen (secondary N) is 1. The molecule has 0 aliphatic carbocycles. The highest BCUT2D eigenvalue weighted by Crippen LogP contribution is 2.13. The quantitative estimate of drug-likeness (QED) is 0.713. The molecule has 0 spiro atoms. The number of nitrogens with two attached hydrogens (primary N) is 1. The summed E-state index contributed by atoms with van der Waals surface area (Å²) in [5.74, 6) is 0.755. The van der Waals surface area contributed by atoms with Gasteiger partial charge in [-0.15, -0.1) is 0 Å². The van der Waals surface area contributed by atoms with Gasteiger partial charge < -0.3 is 20.5 Å². The van der Waals surface area contributed by atoms with Gasteiger partial charge in [-0.05, 0) is 13.1 Å². The third-order valence-corrected chi connectivity index (χ3v) is 1.87. The van der Waals surface area contributed by atoms with Crippen LogP contribution >= 0.6 is 0 Å². The van der Waals surface area contributed by atoms with E-state index < -0.39 is 0 Å². The number of ether oxygens (including phenoxy) is 2. The summed E-state index contributed by atoms with van der Waals surface area (Å²) in [6, 6.07) is 1.85. The van der Waals surface area contributed by atoms with Crippen molar-refractivity contribution in [3.63, 3.8) is 0 Å². The Labute approximate surface area is 97.0 Å². The van der Waals surface area contributed by atoms with Gasteiger partial charge in [0.05, 0.1) is 19.9 Å². The van der Waals surface area contributed by atoms with Crippen LogP contribution in [0.25, 0.3) is 0 Å². The first kappa shape index (κ1) is 14.8. The molecule has 1 heterocycles. The Kier molecular flexibility index (Phi) is 9.59. The number of likely N-dealkylation sites (N-methyl/N-ethyl adjacent to an activating group) is 1. The van der Waals surface area contributed by atoms with Gasteiger partial charge in [-0.2, -0.15) is 0 Å². The zero-order chi connectivity index (χ0) is 12.2. The zero-order valence-electron chi connectivity index (χ0n) is 10.2. The second-order valence-corrected chi connectivity index (χ2v) is 2.99. The number of methoxy groups -OCH3 is 2. The molecule has 0 bridgehead atoms. The van der Waals surface area contributed by atoms with Crippen LogP contribution in [0.5, 0.6) is 5.75 Å². The second kappa shape index (κ2) is 10.4.